The number of hydrogen-bond acceptors (Lipinski definition) is 4. The maximum atomic E-state index is 11.8. The lowest BCUT2D eigenvalue weighted by atomic mass is 9.92. The second kappa shape index (κ2) is 5.27. The van der Waals surface area contributed by atoms with Crippen molar-refractivity contribution >= 4 is 5.97 Å². The summed E-state index contributed by atoms with van der Waals surface area (Å²) in [5.41, 5.74) is 2.10. The Morgan fingerprint density at radius 2 is 2.35 bits per heavy atom. The molecule has 17 heavy (non-hydrogen) atoms. The van der Waals surface area contributed by atoms with Crippen LogP contribution in [0.4, 0.5) is 0 Å². The van der Waals surface area contributed by atoms with E-state index in [2.05, 4.69) is 10.3 Å². The largest absolute Gasteiger partial charge is 0.466 e. The van der Waals surface area contributed by atoms with Crippen molar-refractivity contribution in [2.45, 2.75) is 19.8 Å². The monoisotopic (exact) mass is 234 g/mol. The second-order valence-electron chi connectivity index (χ2n) is 4.38. The smallest absolute Gasteiger partial charge is 0.310 e. The zero-order valence-corrected chi connectivity index (χ0v) is 10.3. The Kier molecular flexibility index (Phi) is 3.74. The summed E-state index contributed by atoms with van der Waals surface area (Å²) in [6.07, 6.45) is 1.84. The van der Waals surface area contributed by atoms with Crippen molar-refractivity contribution in [1.29, 1.82) is 0 Å². The Labute approximate surface area is 101 Å². The molecule has 1 saturated heterocycles. The van der Waals surface area contributed by atoms with E-state index in [-0.39, 0.29) is 17.8 Å². The van der Waals surface area contributed by atoms with Crippen molar-refractivity contribution < 1.29 is 9.53 Å². The van der Waals surface area contributed by atoms with Gasteiger partial charge in [0.15, 0.2) is 0 Å². The van der Waals surface area contributed by atoms with Gasteiger partial charge in [-0.15, -0.1) is 0 Å². The first kappa shape index (κ1) is 12.0. The summed E-state index contributed by atoms with van der Waals surface area (Å²) in [7, 11) is 0. The first-order chi connectivity index (χ1) is 8.22. The van der Waals surface area contributed by atoms with E-state index in [4.69, 9.17) is 4.74 Å². The molecule has 0 amide bonds. The molecule has 2 rings (SSSR count). The van der Waals surface area contributed by atoms with Gasteiger partial charge in [-0.05, 0) is 25.5 Å². The minimum Gasteiger partial charge on any atom is -0.466 e. The Bertz CT molecular complexity index is 389. The minimum absolute atomic E-state index is 0.106. The third-order valence-corrected chi connectivity index (χ3v) is 3.12. The number of aryl methyl sites for hydroxylation is 1. The topological polar surface area (TPSA) is 51.2 Å². The lowest BCUT2D eigenvalue weighted by Gasteiger charge is -2.16. The molecule has 4 nitrogen and oxygen atoms in total. The molecule has 92 valence electrons. The summed E-state index contributed by atoms with van der Waals surface area (Å²) in [6, 6.07) is 4.03. The summed E-state index contributed by atoms with van der Waals surface area (Å²) < 4.78 is 5.09. The Morgan fingerprint density at radius 1 is 1.53 bits per heavy atom. The fourth-order valence-electron chi connectivity index (χ4n) is 2.19. The van der Waals surface area contributed by atoms with Gasteiger partial charge in [0, 0.05) is 30.9 Å². The van der Waals surface area contributed by atoms with E-state index >= 15 is 0 Å². The second-order valence-corrected chi connectivity index (χ2v) is 4.38. The summed E-state index contributed by atoms with van der Waals surface area (Å²) in [5, 5.41) is 3.23. The quantitative estimate of drug-likeness (QED) is 0.800. The highest BCUT2D eigenvalue weighted by molar-refractivity contribution is 5.74. The van der Waals surface area contributed by atoms with E-state index in [0.717, 1.165) is 17.8 Å². The summed E-state index contributed by atoms with van der Waals surface area (Å²) >= 11 is 0. The van der Waals surface area contributed by atoms with Crippen LogP contribution >= 0.6 is 0 Å². The molecule has 0 saturated carbocycles. The van der Waals surface area contributed by atoms with Crippen LogP contribution in [0.25, 0.3) is 0 Å². The first-order valence-corrected chi connectivity index (χ1v) is 6.02. The number of carbonyl (C=O) groups excluding carboxylic acids is 1. The van der Waals surface area contributed by atoms with Crippen LogP contribution in [0.5, 0.6) is 0 Å². The van der Waals surface area contributed by atoms with Gasteiger partial charge in [-0.2, -0.15) is 0 Å². The van der Waals surface area contributed by atoms with Crippen molar-refractivity contribution in [2.75, 3.05) is 19.7 Å². The van der Waals surface area contributed by atoms with Crippen LogP contribution in [-0.2, 0) is 9.53 Å². The fraction of sp³-hybridized carbons (Fsp3) is 0.538. The van der Waals surface area contributed by atoms with Crippen molar-refractivity contribution in [3.05, 3.63) is 29.6 Å². The molecule has 2 heterocycles. The van der Waals surface area contributed by atoms with Gasteiger partial charge in [0.25, 0.3) is 0 Å². The molecule has 1 N–H and O–H groups in total. The number of hydrogen-bond donors (Lipinski definition) is 1. The maximum Gasteiger partial charge on any atom is 0.310 e. The third kappa shape index (κ3) is 2.64. The zero-order valence-electron chi connectivity index (χ0n) is 10.3. The Hall–Kier alpha value is -1.42. The standard InChI is InChI=1S/C13H18N2O2/c1-3-17-13(16)11-8-14-7-10(11)12-5-4-9(2)6-15-12/h4-6,10-11,14H,3,7-8H2,1-2H3. The van der Waals surface area contributed by atoms with Gasteiger partial charge in [-0.3, -0.25) is 9.78 Å². The van der Waals surface area contributed by atoms with E-state index in [9.17, 15) is 4.79 Å². The maximum absolute atomic E-state index is 11.8. The molecule has 1 aliphatic heterocycles. The number of rotatable bonds is 3. The number of esters is 1. The van der Waals surface area contributed by atoms with Crippen molar-refractivity contribution in [2.24, 2.45) is 5.92 Å². The Morgan fingerprint density at radius 3 is 3.00 bits per heavy atom. The van der Waals surface area contributed by atoms with E-state index in [1.165, 1.54) is 0 Å². The average molecular weight is 234 g/mol. The van der Waals surface area contributed by atoms with E-state index in [1.54, 1.807) is 0 Å². The number of pyridine rings is 1. The molecule has 0 spiro atoms. The van der Waals surface area contributed by atoms with Crippen molar-refractivity contribution in [3.63, 3.8) is 0 Å². The van der Waals surface area contributed by atoms with Crippen molar-refractivity contribution in [1.82, 2.24) is 10.3 Å². The molecule has 1 aliphatic rings. The minimum atomic E-state index is -0.120. The van der Waals surface area contributed by atoms with Gasteiger partial charge in [-0.25, -0.2) is 0 Å². The van der Waals surface area contributed by atoms with E-state index in [0.29, 0.717) is 13.2 Å². The van der Waals surface area contributed by atoms with Crippen LogP contribution in [-0.4, -0.2) is 30.6 Å². The number of aromatic nitrogens is 1. The average Bonchev–Trinajstić information content (AvgIpc) is 2.79. The highest BCUT2D eigenvalue weighted by atomic mass is 16.5. The molecule has 0 bridgehead atoms. The summed E-state index contributed by atoms with van der Waals surface area (Å²) in [4.78, 5) is 16.2. The van der Waals surface area contributed by atoms with Gasteiger partial charge in [0.2, 0.25) is 0 Å². The fourth-order valence-corrected chi connectivity index (χ4v) is 2.19. The van der Waals surface area contributed by atoms with E-state index in [1.807, 2.05) is 32.2 Å². The molecular weight excluding hydrogens is 216 g/mol. The molecule has 1 fully saturated rings. The van der Waals surface area contributed by atoms with Gasteiger partial charge in [0.05, 0.1) is 12.5 Å². The molecule has 4 heteroatoms. The van der Waals surface area contributed by atoms with Gasteiger partial charge in [-0.1, -0.05) is 6.07 Å². The van der Waals surface area contributed by atoms with Gasteiger partial charge < -0.3 is 10.1 Å². The van der Waals surface area contributed by atoms with E-state index < -0.39 is 0 Å². The predicted molar refractivity (Wildman–Crippen MR) is 64.7 cm³/mol. The highest BCUT2D eigenvalue weighted by Crippen LogP contribution is 2.27. The highest BCUT2D eigenvalue weighted by Gasteiger charge is 2.35. The lowest BCUT2D eigenvalue weighted by molar-refractivity contribution is -0.147. The number of nitrogens with one attached hydrogen (secondary N) is 1. The molecule has 0 aliphatic carbocycles. The van der Waals surface area contributed by atoms with Crippen LogP contribution in [0, 0.1) is 12.8 Å². The Balaban J connectivity index is 2.14. The van der Waals surface area contributed by atoms with Crippen LogP contribution in [0.15, 0.2) is 18.3 Å². The molecule has 1 aromatic rings. The van der Waals surface area contributed by atoms with Crippen LogP contribution in [0.1, 0.15) is 24.1 Å². The van der Waals surface area contributed by atoms with Crippen LogP contribution in [0.3, 0.4) is 0 Å². The zero-order chi connectivity index (χ0) is 12.3. The molecule has 2 atom stereocenters. The lowest BCUT2D eigenvalue weighted by Crippen LogP contribution is -2.24. The number of ether oxygens (including phenoxy) is 1. The normalized spacial score (nSPS) is 23.6. The number of nitrogens with zero attached hydrogens (tertiary/aromatic N) is 1. The molecule has 0 radical (unpaired) electrons. The summed E-state index contributed by atoms with van der Waals surface area (Å²) in [5.74, 6) is -0.0929. The molecule has 2 unspecified atom stereocenters. The summed E-state index contributed by atoms with van der Waals surface area (Å²) in [6.45, 7) is 5.74. The van der Waals surface area contributed by atoms with Gasteiger partial charge >= 0.3 is 5.97 Å². The molecule has 0 aromatic carbocycles. The van der Waals surface area contributed by atoms with Crippen LogP contribution < -0.4 is 5.32 Å². The van der Waals surface area contributed by atoms with Crippen molar-refractivity contribution in [3.8, 4) is 0 Å². The molecular formula is C13H18N2O2. The van der Waals surface area contributed by atoms with Gasteiger partial charge in [0.1, 0.15) is 0 Å². The first-order valence-electron chi connectivity index (χ1n) is 6.02. The number of carbonyl (C=O) groups is 1. The SMILES string of the molecule is CCOC(=O)C1CNCC1c1ccc(C)cn1. The van der Waals surface area contributed by atoms with Crippen LogP contribution in [0.2, 0.25) is 0 Å². The molecule has 1 aromatic heterocycles. The third-order valence-electron chi connectivity index (χ3n) is 3.12. The predicted octanol–water partition coefficient (Wildman–Crippen LogP) is 1.26.